The zero-order chi connectivity index (χ0) is 29.9. The second-order valence-corrected chi connectivity index (χ2v) is 14.5. The fourth-order valence-electron chi connectivity index (χ4n) is 6.64. The molecule has 2 aliphatic carbocycles. The highest BCUT2D eigenvalue weighted by Gasteiger charge is 2.38. The zero-order valence-electron chi connectivity index (χ0n) is 25.1. The fourth-order valence-corrected chi connectivity index (χ4v) is 7.88. The van der Waals surface area contributed by atoms with Crippen LogP contribution in [0.1, 0.15) is 76.3 Å². The Balaban J connectivity index is 1.46. The van der Waals surface area contributed by atoms with Crippen LogP contribution in [0.2, 0.25) is 5.02 Å². The van der Waals surface area contributed by atoms with Gasteiger partial charge < -0.3 is 14.4 Å². The standard InChI is InChI=1S/C33H45ClN2O5S/c1-4-7-30(23-9-10-23)33(37)35-42(38,39)28-14-16-32-31(19-28)36(20-25-12-15-29(25)22(2)40-3)17-6-5-8-24-18-27(34)13-11-26(24)21-41-32/h11,13-14,16,18-19,22-23,25,29-30H,4-10,12,15,17,20-21H2,1-3H3,(H,35,37)/t22?,25-,29-,30-/m0/s1. The Kier molecular flexibility index (Phi) is 10.1. The number of carbonyl (C=O) groups excluding carboxylic acids is 1. The highest BCUT2D eigenvalue weighted by molar-refractivity contribution is 7.90. The zero-order valence-corrected chi connectivity index (χ0v) is 26.7. The molecule has 0 bridgehead atoms. The number of ether oxygens (including phenoxy) is 2. The summed E-state index contributed by atoms with van der Waals surface area (Å²) >= 11 is 6.32. The third-order valence-electron chi connectivity index (χ3n) is 9.53. The second kappa shape index (κ2) is 13.6. The Labute approximate surface area is 256 Å². The van der Waals surface area contributed by atoms with Gasteiger partial charge in [-0.05, 0) is 118 Å². The lowest BCUT2D eigenvalue weighted by Gasteiger charge is -2.43. The highest BCUT2D eigenvalue weighted by Crippen LogP contribution is 2.42. The lowest BCUT2D eigenvalue weighted by Crippen LogP contribution is -2.43. The number of anilines is 1. The molecule has 2 saturated carbocycles. The van der Waals surface area contributed by atoms with Crippen molar-refractivity contribution >= 4 is 33.2 Å². The summed E-state index contributed by atoms with van der Waals surface area (Å²) in [5.41, 5.74) is 3.02. The monoisotopic (exact) mass is 616 g/mol. The van der Waals surface area contributed by atoms with Gasteiger partial charge >= 0.3 is 0 Å². The van der Waals surface area contributed by atoms with E-state index in [9.17, 15) is 13.2 Å². The number of benzene rings is 2. The van der Waals surface area contributed by atoms with Crippen LogP contribution < -0.4 is 14.4 Å². The van der Waals surface area contributed by atoms with Crippen LogP contribution >= 0.6 is 11.6 Å². The maximum atomic E-state index is 13.6. The molecule has 0 radical (unpaired) electrons. The molecule has 0 aromatic heterocycles. The smallest absolute Gasteiger partial charge is 0.264 e. The molecule has 1 N–H and O–H groups in total. The number of nitrogens with zero attached hydrogens (tertiary/aromatic N) is 1. The Morgan fingerprint density at radius 3 is 2.62 bits per heavy atom. The molecule has 4 atom stereocenters. The van der Waals surface area contributed by atoms with Gasteiger partial charge in [-0.25, -0.2) is 13.1 Å². The van der Waals surface area contributed by atoms with Gasteiger partial charge in [-0.15, -0.1) is 0 Å². The van der Waals surface area contributed by atoms with E-state index >= 15 is 0 Å². The first kappa shape index (κ1) is 31.1. The van der Waals surface area contributed by atoms with Crippen LogP contribution in [0.25, 0.3) is 0 Å². The summed E-state index contributed by atoms with van der Waals surface area (Å²) in [7, 11) is -2.28. The molecule has 9 heteroatoms. The number of hydrogen-bond acceptors (Lipinski definition) is 6. The number of hydrogen-bond donors (Lipinski definition) is 1. The molecule has 230 valence electrons. The first-order valence-electron chi connectivity index (χ1n) is 15.6. The van der Waals surface area contributed by atoms with E-state index < -0.39 is 10.0 Å². The SMILES string of the molecule is CCC[C@H](C(=O)NS(=O)(=O)c1ccc2c(c1)N(C[C@@H]1CC[C@H]1C(C)OC)CCCCc1cc(Cl)ccc1CO2)C1CC1. The van der Waals surface area contributed by atoms with Gasteiger partial charge in [0.1, 0.15) is 12.4 Å². The van der Waals surface area contributed by atoms with Crippen LogP contribution in [-0.2, 0) is 32.6 Å². The predicted molar refractivity (Wildman–Crippen MR) is 167 cm³/mol. The molecule has 0 spiro atoms. The summed E-state index contributed by atoms with van der Waals surface area (Å²) in [6.45, 7) is 6.09. The Bertz CT molecular complexity index is 1360. The number of aryl methyl sites for hydroxylation is 1. The third kappa shape index (κ3) is 7.25. The normalized spacial score (nSPS) is 22.4. The minimum atomic E-state index is -4.05. The Morgan fingerprint density at radius 2 is 1.93 bits per heavy atom. The van der Waals surface area contributed by atoms with E-state index in [2.05, 4.69) is 16.5 Å². The molecule has 2 fully saturated rings. The van der Waals surface area contributed by atoms with Crippen molar-refractivity contribution in [1.82, 2.24) is 4.72 Å². The number of fused-ring (bicyclic) bond motifs is 2. The largest absolute Gasteiger partial charge is 0.487 e. The van der Waals surface area contributed by atoms with Gasteiger partial charge in [0.25, 0.3) is 10.0 Å². The van der Waals surface area contributed by atoms with E-state index in [1.165, 1.54) is 5.56 Å². The number of amides is 1. The number of methoxy groups -OCH3 is 1. The van der Waals surface area contributed by atoms with Gasteiger partial charge in [0.2, 0.25) is 5.91 Å². The van der Waals surface area contributed by atoms with Crippen molar-refractivity contribution in [3.63, 3.8) is 0 Å². The first-order valence-corrected chi connectivity index (χ1v) is 17.4. The molecule has 2 aromatic rings. The molecule has 0 saturated heterocycles. The van der Waals surface area contributed by atoms with E-state index in [1.54, 1.807) is 25.3 Å². The summed E-state index contributed by atoms with van der Waals surface area (Å²) in [6, 6.07) is 10.9. The maximum absolute atomic E-state index is 13.6. The van der Waals surface area contributed by atoms with Gasteiger partial charge in [-0.1, -0.05) is 31.0 Å². The van der Waals surface area contributed by atoms with E-state index in [4.69, 9.17) is 21.1 Å². The third-order valence-corrected chi connectivity index (χ3v) is 11.1. The van der Waals surface area contributed by atoms with Crippen LogP contribution in [0, 0.1) is 23.7 Å². The fraction of sp³-hybridized carbons (Fsp3) is 0.606. The Hall–Kier alpha value is -2.29. The van der Waals surface area contributed by atoms with Crippen molar-refractivity contribution in [1.29, 1.82) is 0 Å². The van der Waals surface area contributed by atoms with Gasteiger partial charge in [-0.3, -0.25) is 4.79 Å². The Morgan fingerprint density at radius 1 is 1.12 bits per heavy atom. The van der Waals surface area contributed by atoms with Gasteiger partial charge in [0.15, 0.2) is 0 Å². The lowest BCUT2D eigenvalue weighted by atomic mass is 9.70. The average molecular weight is 617 g/mol. The summed E-state index contributed by atoms with van der Waals surface area (Å²) in [4.78, 5) is 15.5. The maximum Gasteiger partial charge on any atom is 0.264 e. The van der Waals surface area contributed by atoms with Crippen LogP contribution in [0.5, 0.6) is 5.75 Å². The van der Waals surface area contributed by atoms with Crippen LogP contribution in [0.4, 0.5) is 5.69 Å². The molecule has 7 nitrogen and oxygen atoms in total. The number of nitrogens with one attached hydrogen (secondary N) is 1. The average Bonchev–Trinajstić information content (AvgIpc) is 3.79. The minimum absolute atomic E-state index is 0.0896. The van der Waals surface area contributed by atoms with Crippen molar-refractivity contribution in [3.05, 3.63) is 52.5 Å². The predicted octanol–water partition coefficient (Wildman–Crippen LogP) is 6.75. The number of sulfonamides is 1. The van der Waals surface area contributed by atoms with E-state index in [1.807, 2.05) is 25.1 Å². The molecular formula is C33H45ClN2O5S. The van der Waals surface area contributed by atoms with Crippen molar-refractivity contribution in [3.8, 4) is 5.75 Å². The van der Waals surface area contributed by atoms with E-state index in [-0.39, 0.29) is 22.8 Å². The molecule has 1 aliphatic heterocycles. The van der Waals surface area contributed by atoms with Gasteiger partial charge in [0.05, 0.1) is 16.7 Å². The summed E-state index contributed by atoms with van der Waals surface area (Å²) < 4.78 is 41.6. The number of carbonyl (C=O) groups is 1. The van der Waals surface area contributed by atoms with E-state index in [0.29, 0.717) is 41.6 Å². The quantitative estimate of drug-likeness (QED) is 0.318. The topological polar surface area (TPSA) is 84.9 Å². The molecule has 1 unspecified atom stereocenters. The van der Waals surface area contributed by atoms with Crippen LogP contribution in [0.3, 0.4) is 0 Å². The van der Waals surface area contributed by atoms with Crippen molar-refractivity contribution in [2.75, 3.05) is 25.1 Å². The van der Waals surface area contributed by atoms with Crippen LogP contribution in [-0.4, -0.2) is 40.6 Å². The molecule has 42 heavy (non-hydrogen) atoms. The molecule has 3 aliphatic rings. The summed E-state index contributed by atoms with van der Waals surface area (Å²) in [6.07, 6.45) is 8.77. The van der Waals surface area contributed by atoms with Gasteiger partial charge in [-0.2, -0.15) is 0 Å². The number of halogens is 1. The molecule has 1 heterocycles. The van der Waals surface area contributed by atoms with Crippen molar-refractivity contribution < 1.29 is 22.7 Å². The second-order valence-electron chi connectivity index (χ2n) is 12.4. The molecular weight excluding hydrogens is 572 g/mol. The minimum Gasteiger partial charge on any atom is -0.487 e. The summed E-state index contributed by atoms with van der Waals surface area (Å²) in [5.74, 6) is 1.21. The van der Waals surface area contributed by atoms with Crippen LogP contribution in [0.15, 0.2) is 41.3 Å². The lowest BCUT2D eigenvalue weighted by molar-refractivity contribution is -0.124. The number of rotatable bonds is 10. The first-order chi connectivity index (χ1) is 20.2. The highest BCUT2D eigenvalue weighted by atomic mass is 35.5. The summed E-state index contributed by atoms with van der Waals surface area (Å²) in [5, 5.41) is 0.716. The van der Waals surface area contributed by atoms with Crippen molar-refractivity contribution in [2.24, 2.45) is 23.7 Å². The van der Waals surface area contributed by atoms with E-state index in [0.717, 1.165) is 75.7 Å². The van der Waals surface area contributed by atoms with Gasteiger partial charge in [0, 0.05) is 31.1 Å². The molecule has 5 rings (SSSR count). The molecule has 1 amide bonds. The molecule has 2 aromatic carbocycles. The van der Waals surface area contributed by atoms with Crippen molar-refractivity contribution in [2.45, 2.75) is 89.2 Å².